The number of nitrogens with zero attached hydrogens (tertiary/aromatic N) is 2. The van der Waals surface area contributed by atoms with Crippen LogP contribution in [-0.2, 0) is 6.42 Å². The van der Waals surface area contributed by atoms with Crippen molar-refractivity contribution in [2.24, 2.45) is 0 Å². The fraction of sp³-hybridized carbons (Fsp3) is 0.458. The van der Waals surface area contributed by atoms with Gasteiger partial charge in [-0.2, -0.15) is 0 Å². The molecule has 8 nitrogen and oxygen atoms in total. The van der Waals surface area contributed by atoms with Crippen molar-refractivity contribution < 1.29 is 24.5 Å². The maximum atomic E-state index is 8.56. The molecule has 2 aliphatic rings. The van der Waals surface area contributed by atoms with E-state index in [4.69, 9.17) is 34.4 Å². The molecule has 2 aromatic heterocycles. The molecule has 3 heterocycles. The molecule has 1 aliphatic heterocycles. The molecule has 1 saturated carbocycles. The number of aromatic nitrogens is 2. The number of ether oxygens (including phenoxy) is 2. The van der Waals surface area contributed by atoms with Gasteiger partial charge in [0.2, 0.25) is 0 Å². The number of rotatable bonds is 5. The predicted molar refractivity (Wildman–Crippen MR) is 128 cm³/mol. The first-order valence-electron chi connectivity index (χ1n) is 11.3. The zero-order valence-corrected chi connectivity index (χ0v) is 19.5. The standard InChI is InChI=1S/C23H27N3O2S.CH2O3/c1-15-13-18-22(25-21(26-23(18)29-15)17-5-3-2-4-6-17)24-10-9-16-7-8-19-20(14-16)28-12-11-27-19;2-1(3)4/h7-8,13-14,17H,2-6,9-12H2,1H3,(H,24,25,26);(H2,2,3,4). The van der Waals surface area contributed by atoms with Crippen molar-refractivity contribution >= 4 is 33.5 Å². The molecule has 5 rings (SSSR count). The molecule has 176 valence electrons. The van der Waals surface area contributed by atoms with Crippen LogP contribution in [0, 0.1) is 6.92 Å². The topological polar surface area (TPSA) is 114 Å². The summed E-state index contributed by atoms with van der Waals surface area (Å²) in [7, 11) is 0. The molecule has 0 radical (unpaired) electrons. The molecule has 3 N–H and O–H groups in total. The maximum Gasteiger partial charge on any atom is 0.503 e. The first kappa shape index (κ1) is 23.1. The molecule has 0 unspecified atom stereocenters. The van der Waals surface area contributed by atoms with Crippen LogP contribution < -0.4 is 14.8 Å². The van der Waals surface area contributed by atoms with Crippen LogP contribution in [0.5, 0.6) is 11.5 Å². The molecule has 9 heteroatoms. The van der Waals surface area contributed by atoms with E-state index in [1.807, 2.05) is 6.07 Å². The highest BCUT2D eigenvalue weighted by molar-refractivity contribution is 7.18. The van der Waals surface area contributed by atoms with Gasteiger partial charge in [0.05, 0.1) is 5.39 Å². The summed E-state index contributed by atoms with van der Waals surface area (Å²) in [6, 6.07) is 8.42. The Morgan fingerprint density at radius 1 is 1.09 bits per heavy atom. The number of fused-ring (bicyclic) bond motifs is 2. The van der Waals surface area contributed by atoms with E-state index in [0.29, 0.717) is 19.1 Å². The van der Waals surface area contributed by atoms with Crippen molar-refractivity contribution in [2.45, 2.75) is 51.4 Å². The number of hydrogen-bond acceptors (Lipinski definition) is 7. The van der Waals surface area contributed by atoms with Crippen molar-refractivity contribution in [3.05, 3.63) is 40.5 Å². The van der Waals surface area contributed by atoms with Gasteiger partial charge in [0.25, 0.3) is 0 Å². The number of carboxylic acid groups (broad SMARTS) is 2. The van der Waals surface area contributed by atoms with Crippen LogP contribution in [0.25, 0.3) is 10.2 Å². The van der Waals surface area contributed by atoms with E-state index in [2.05, 4.69) is 30.4 Å². The highest BCUT2D eigenvalue weighted by atomic mass is 32.1. The van der Waals surface area contributed by atoms with Gasteiger partial charge < -0.3 is 25.0 Å². The second-order valence-corrected chi connectivity index (χ2v) is 9.51. The summed E-state index contributed by atoms with van der Waals surface area (Å²) in [5.74, 6) is 4.22. The molecule has 0 atom stereocenters. The molecular weight excluding hydrogens is 442 g/mol. The average molecular weight is 472 g/mol. The van der Waals surface area contributed by atoms with Gasteiger partial charge in [-0.1, -0.05) is 25.3 Å². The Morgan fingerprint density at radius 3 is 2.58 bits per heavy atom. The van der Waals surface area contributed by atoms with E-state index in [1.165, 1.54) is 42.5 Å². The number of anilines is 1. The van der Waals surface area contributed by atoms with E-state index < -0.39 is 6.16 Å². The molecule has 0 amide bonds. The molecular formula is C24H29N3O5S. The van der Waals surface area contributed by atoms with Gasteiger partial charge in [0.1, 0.15) is 29.7 Å². The molecule has 33 heavy (non-hydrogen) atoms. The van der Waals surface area contributed by atoms with Crippen LogP contribution in [0.1, 0.15) is 54.3 Å². The normalized spacial score (nSPS) is 15.5. The second kappa shape index (κ2) is 10.7. The van der Waals surface area contributed by atoms with Crippen LogP contribution >= 0.6 is 11.3 Å². The Bertz CT molecular complexity index is 1110. The molecule has 0 spiro atoms. The third-order valence-electron chi connectivity index (χ3n) is 5.82. The highest BCUT2D eigenvalue weighted by Gasteiger charge is 2.21. The Labute approximate surface area is 196 Å². The van der Waals surface area contributed by atoms with Gasteiger partial charge in [-0.05, 0) is 49.9 Å². The summed E-state index contributed by atoms with van der Waals surface area (Å²) < 4.78 is 11.3. The van der Waals surface area contributed by atoms with E-state index in [1.54, 1.807) is 11.3 Å². The first-order chi connectivity index (χ1) is 16.0. The van der Waals surface area contributed by atoms with E-state index >= 15 is 0 Å². The molecule has 1 aromatic carbocycles. The largest absolute Gasteiger partial charge is 0.503 e. The lowest BCUT2D eigenvalue weighted by Crippen LogP contribution is -2.15. The third-order valence-corrected chi connectivity index (χ3v) is 6.76. The minimum atomic E-state index is -1.83. The van der Waals surface area contributed by atoms with E-state index in [9.17, 15) is 0 Å². The quantitative estimate of drug-likeness (QED) is 0.434. The lowest BCUT2D eigenvalue weighted by Gasteiger charge is -2.21. The summed E-state index contributed by atoms with van der Waals surface area (Å²) >= 11 is 1.77. The smallest absolute Gasteiger partial charge is 0.486 e. The number of nitrogens with one attached hydrogen (secondary N) is 1. The van der Waals surface area contributed by atoms with Crippen LogP contribution in [0.4, 0.5) is 10.6 Å². The van der Waals surface area contributed by atoms with Crippen LogP contribution in [0.2, 0.25) is 0 Å². The summed E-state index contributed by atoms with van der Waals surface area (Å²) in [6.07, 6.45) is 5.44. The second-order valence-electron chi connectivity index (χ2n) is 8.28. The number of aryl methyl sites for hydroxylation is 1. The summed E-state index contributed by atoms with van der Waals surface area (Å²) in [4.78, 5) is 20.9. The van der Waals surface area contributed by atoms with Crippen LogP contribution in [0.3, 0.4) is 0 Å². The van der Waals surface area contributed by atoms with Gasteiger partial charge in [-0.3, -0.25) is 0 Å². The molecule has 1 fully saturated rings. The highest BCUT2D eigenvalue weighted by Crippen LogP contribution is 2.35. The number of benzene rings is 1. The zero-order valence-electron chi connectivity index (χ0n) is 18.7. The number of hydrogen-bond donors (Lipinski definition) is 3. The molecule has 0 saturated heterocycles. The van der Waals surface area contributed by atoms with Gasteiger partial charge in [0, 0.05) is 17.3 Å². The fourth-order valence-electron chi connectivity index (χ4n) is 4.31. The predicted octanol–water partition coefficient (Wildman–Crippen LogP) is 5.70. The SMILES string of the molecule is Cc1cc2c(NCCc3ccc4c(c3)OCCO4)nc(C3CCCCC3)nc2s1.O=C(O)O. The third kappa shape index (κ3) is 6.04. The monoisotopic (exact) mass is 471 g/mol. The van der Waals surface area contributed by atoms with Crippen molar-refractivity contribution in [2.75, 3.05) is 25.1 Å². The zero-order chi connectivity index (χ0) is 23.2. The summed E-state index contributed by atoms with van der Waals surface area (Å²) in [6.45, 7) is 4.21. The van der Waals surface area contributed by atoms with Crippen molar-refractivity contribution in [1.29, 1.82) is 0 Å². The average Bonchev–Trinajstić information content (AvgIpc) is 3.19. The molecule has 0 bridgehead atoms. The Kier molecular flexibility index (Phi) is 7.49. The van der Waals surface area contributed by atoms with Gasteiger partial charge in [0.15, 0.2) is 11.5 Å². The van der Waals surface area contributed by atoms with Gasteiger partial charge in [-0.25, -0.2) is 14.8 Å². The fourth-order valence-corrected chi connectivity index (χ4v) is 5.19. The van der Waals surface area contributed by atoms with E-state index in [0.717, 1.165) is 46.3 Å². The Balaban J connectivity index is 0.000000601. The van der Waals surface area contributed by atoms with Crippen LogP contribution in [-0.4, -0.2) is 46.1 Å². The van der Waals surface area contributed by atoms with Crippen molar-refractivity contribution in [1.82, 2.24) is 9.97 Å². The Morgan fingerprint density at radius 2 is 1.82 bits per heavy atom. The summed E-state index contributed by atoms with van der Waals surface area (Å²) in [5, 5.41) is 18.7. The van der Waals surface area contributed by atoms with Gasteiger partial charge >= 0.3 is 6.16 Å². The maximum absolute atomic E-state index is 8.56. The minimum Gasteiger partial charge on any atom is -0.486 e. The lowest BCUT2D eigenvalue weighted by molar-refractivity contribution is 0.137. The Hall–Kier alpha value is -3.07. The van der Waals surface area contributed by atoms with Gasteiger partial charge in [-0.15, -0.1) is 11.3 Å². The lowest BCUT2D eigenvalue weighted by atomic mass is 9.89. The summed E-state index contributed by atoms with van der Waals surface area (Å²) in [5.41, 5.74) is 1.24. The molecule has 3 aromatic rings. The van der Waals surface area contributed by atoms with E-state index in [-0.39, 0.29) is 0 Å². The number of thiophene rings is 1. The number of carbonyl (C=O) groups is 1. The van der Waals surface area contributed by atoms with Crippen LogP contribution in [0.15, 0.2) is 24.3 Å². The first-order valence-corrected chi connectivity index (χ1v) is 12.1. The van der Waals surface area contributed by atoms with Crippen molar-refractivity contribution in [3.8, 4) is 11.5 Å². The molecule has 1 aliphatic carbocycles. The minimum absolute atomic E-state index is 0.508. The van der Waals surface area contributed by atoms with Crippen molar-refractivity contribution in [3.63, 3.8) is 0 Å².